The van der Waals surface area contributed by atoms with E-state index in [0.717, 1.165) is 5.56 Å². The second-order valence-corrected chi connectivity index (χ2v) is 4.69. The van der Waals surface area contributed by atoms with E-state index >= 15 is 0 Å². The molecule has 0 aliphatic carbocycles. The van der Waals surface area contributed by atoms with Gasteiger partial charge in [-0.05, 0) is 37.1 Å². The number of aliphatic imine (C=N–C) groups is 1. The van der Waals surface area contributed by atoms with Gasteiger partial charge in [0, 0.05) is 18.3 Å². The van der Waals surface area contributed by atoms with E-state index in [1.54, 1.807) is 18.2 Å². The van der Waals surface area contributed by atoms with Crippen molar-refractivity contribution in [3.8, 4) is 11.5 Å². The lowest BCUT2D eigenvalue weighted by atomic mass is 10.1. The van der Waals surface area contributed by atoms with E-state index in [4.69, 9.17) is 0 Å². The largest absolute Gasteiger partial charge is 0.872 e. The Hall–Kier alpha value is -2.89. The molecule has 6 heteroatoms. The molecule has 2 rings (SSSR count). The van der Waals surface area contributed by atoms with Crippen LogP contribution in [0.2, 0.25) is 0 Å². The highest BCUT2D eigenvalue weighted by molar-refractivity contribution is 5.87. The van der Waals surface area contributed by atoms with E-state index in [1.165, 1.54) is 25.3 Å². The zero-order valence-electron chi connectivity index (χ0n) is 11.5. The normalized spacial score (nSPS) is 11.0. The SMILES string of the molecule is Cc1ccc(N=Cc2cc([N+](=O)[O-])cc(C)c2[O-])c(O)c1. The van der Waals surface area contributed by atoms with Crippen molar-refractivity contribution in [1.29, 1.82) is 0 Å². The Morgan fingerprint density at radius 2 is 1.95 bits per heavy atom. The van der Waals surface area contributed by atoms with Crippen LogP contribution >= 0.6 is 0 Å². The summed E-state index contributed by atoms with van der Waals surface area (Å²) in [6, 6.07) is 7.32. The average molecular weight is 285 g/mol. The molecule has 0 saturated heterocycles. The summed E-state index contributed by atoms with van der Waals surface area (Å²) in [4.78, 5) is 14.3. The van der Waals surface area contributed by atoms with Gasteiger partial charge in [-0.3, -0.25) is 15.1 Å². The van der Waals surface area contributed by atoms with Crippen molar-refractivity contribution in [3.05, 3.63) is 57.1 Å². The van der Waals surface area contributed by atoms with Crippen molar-refractivity contribution in [3.63, 3.8) is 0 Å². The summed E-state index contributed by atoms with van der Waals surface area (Å²) >= 11 is 0. The molecule has 0 atom stereocenters. The number of rotatable bonds is 3. The first-order valence-corrected chi connectivity index (χ1v) is 6.18. The number of non-ortho nitro benzene ring substituents is 1. The van der Waals surface area contributed by atoms with Gasteiger partial charge in [0.05, 0.1) is 4.92 Å². The van der Waals surface area contributed by atoms with Crippen LogP contribution in [0.15, 0.2) is 35.3 Å². The van der Waals surface area contributed by atoms with E-state index in [2.05, 4.69) is 4.99 Å². The fourth-order valence-electron chi connectivity index (χ4n) is 1.86. The Morgan fingerprint density at radius 3 is 2.57 bits per heavy atom. The molecular weight excluding hydrogens is 272 g/mol. The smallest absolute Gasteiger partial charge is 0.270 e. The van der Waals surface area contributed by atoms with Crippen molar-refractivity contribution in [2.24, 2.45) is 4.99 Å². The van der Waals surface area contributed by atoms with Crippen molar-refractivity contribution < 1.29 is 15.1 Å². The highest BCUT2D eigenvalue weighted by Gasteiger charge is 2.08. The van der Waals surface area contributed by atoms with Gasteiger partial charge in [0.1, 0.15) is 11.4 Å². The quantitative estimate of drug-likeness (QED) is 0.532. The maximum Gasteiger partial charge on any atom is 0.270 e. The fourth-order valence-corrected chi connectivity index (χ4v) is 1.86. The second kappa shape index (κ2) is 5.62. The number of benzene rings is 2. The van der Waals surface area contributed by atoms with Crippen LogP contribution < -0.4 is 5.11 Å². The molecule has 0 unspecified atom stereocenters. The number of phenolic OH excluding ortho intramolecular Hbond substituents is 1. The van der Waals surface area contributed by atoms with Crippen molar-refractivity contribution in [2.75, 3.05) is 0 Å². The zero-order valence-corrected chi connectivity index (χ0v) is 11.5. The lowest BCUT2D eigenvalue weighted by Crippen LogP contribution is -2.01. The molecule has 108 valence electrons. The number of hydrogen-bond donors (Lipinski definition) is 1. The van der Waals surface area contributed by atoms with Crippen molar-refractivity contribution >= 4 is 17.6 Å². The minimum Gasteiger partial charge on any atom is -0.872 e. The van der Waals surface area contributed by atoms with Gasteiger partial charge in [-0.15, -0.1) is 0 Å². The van der Waals surface area contributed by atoms with Gasteiger partial charge in [-0.1, -0.05) is 17.4 Å². The van der Waals surface area contributed by atoms with Crippen LogP contribution in [0.4, 0.5) is 11.4 Å². The summed E-state index contributed by atoms with van der Waals surface area (Å²) in [5.41, 5.74) is 1.40. The van der Waals surface area contributed by atoms with E-state index in [9.17, 15) is 20.3 Å². The van der Waals surface area contributed by atoms with Crippen molar-refractivity contribution in [1.82, 2.24) is 0 Å². The molecule has 0 amide bonds. The third kappa shape index (κ3) is 3.17. The Morgan fingerprint density at radius 1 is 1.24 bits per heavy atom. The minimum absolute atomic E-state index is 0.0131. The van der Waals surface area contributed by atoms with E-state index in [-0.39, 0.29) is 28.3 Å². The Kier molecular flexibility index (Phi) is 3.89. The van der Waals surface area contributed by atoms with Gasteiger partial charge in [0.25, 0.3) is 5.69 Å². The topological polar surface area (TPSA) is 98.8 Å². The van der Waals surface area contributed by atoms with Crippen LogP contribution in [0.1, 0.15) is 16.7 Å². The van der Waals surface area contributed by atoms with Gasteiger partial charge in [0.15, 0.2) is 0 Å². The lowest BCUT2D eigenvalue weighted by molar-refractivity contribution is -0.385. The first-order valence-electron chi connectivity index (χ1n) is 6.18. The third-order valence-electron chi connectivity index (χ3n) is 2.97. The van der Waals surface area contributed by atoms with E-state index in [1.807, 2.05) is 6.92 Å². The molecule has 0 radical (unpaired) electrons. The Labute approximate surface area is 121 Å². The number of phenols is 1. The number of nitrogens with zero attached hydrogens (tertiary/aromatic N) is 2. The average Bonchev–Trinajstić information content (AvgIpc) is 2.41. The molecular formula is C15H13N2O4-. The van der Waals surface area contributed by atoms with Crippen molar-refractivity contribution in [2.45, 2.75) is 13.8 Å². The number of nitro benzene ring substituents is 1. The molecule has 6 nitrogen and oxygen atoms in total. The summed E-state index contributed by atoms with van der Waals surface area (Å²) in [6.07, 6.45) is 1.23. The molecule has 0 spiro atoms. The van der Waals surface area contributed by atoms with Gasteiger partial charge >= 0.3 is 0 Å². The van der Waals surface area contributed by atoms with E-state index in [0.29, 0.717) is 5.69 Å². The van der Waals surface area contributed by atoms with Crippen LogP contribution in [0.25, 0.3) is 0 Å². The number of hydrogen-bond acceptors (Lipinski definition) is 5. The highest BCUT2D eigenvalue weighted by Crippen LogP contribution is 2.28. The summed E-state index contributed by atoms with van der Waals surface area (Å²) in [7, 11) is 0. The molecule has 0 aromatic heterocycles. The highest BCUT2D eigenvalue weighted by atomic mass is 16.6. The van der Waals surface area contributed by atoms with E-state index < -0.39 is 4.92 Å². The van der Waals surface area contributed by atoms with Crippen LogP contribution in [-0.4, -0.2) is 16.2 Å². The molecule has 0 heterocycles. The molecule has 0 aliphatic heterocycles. The first kappa shape index (κ1) is 14.5. The fraction of sp³-hybridized carbons (Fsp3) is 0.133. The first-order chi connectivity index (χ1) is 9.88. The Balaban J connectivity index is 2.43. The molecule has 0 bridgehead atoms. The number of aryl methyl sites for hydroxylation is 2. The van der Waals surface area contributed by atoms with Crippen LogP contribution in [0.3, 0.4) is 0 Å². The molecule has 0 aliphatic rings. The maximum absolute atomic E-state index is 11.9. The van der Waals surface area contributed by atoms with Crippen LogP contribution in [0, 0.1) is 24.0 Å². The molecule has 1 N–H and O–H groups in total. The predicted octanol–water partition coefficient (Wildman–Crippen LogP) is 2.74. The molecule has 2 aromatic rings. The summed E-state index contributed by atoms with van der Waals surface area (Å²) in [5, 5.41) is 32.5. The molecule has 0 saturated carbocycles. The second-order valence-electron chi connectivity index (χ2n) is 4.69. The summed E-state index contributed by atoms with van der Waals surface area (Å²) in [6.45, 7) is 3.34. The summed E-state index contributed by atoms with van der Waals surface area (Å²) < 4.78 is 0. The van der Waals surface area contributed by atoms with Crippen LogP contribution in [0.5, 0.6) is 11.5 Å². The molecule has 21 heavy (non-hydrogen) atoms. The van der Waals surface area contributed by atoms with Gasteiger partial charge in [-0.25, -0.2) is 0 Å². The van der Waals surface area contributed by atoms with Gasteiger partial charge in [0.2, 0.25) is 0 Å². The monoisotopic (exact) mass is 285 g/mol. The maximum atomic E-state index is 11.9. The van der Waals surface area contributed by atoms with Gasteiger partial charge in [-0.2, -0.15) is 0 Å². The lowest BCUT2D eigenvalue weighted by Gasteiger charge is -2.13. The number of aromatic hydroxyl groups is 1. The minimum atomic E-state index is -0.562. The summed E-state index contributed by atoms with van der Waals surface area (Å²) in [5.74, 6) is -0.336. The third-order valence-corrected chi connectivity index (χ3v) is 2.97. The standard InChI is InChI=1S/C15H14N2O4/c1-9-3-4-13(14(18)5-9)16-8-11-7-12(17(20)21)6-10(2)15(11)19/h3-8,18-19H,1-2H3/p-1. The molecule has 2 aromatic carbocycles. The zero-order chi connectivity index (χ0) is 15.6. The number of nitro groups is 1. The molecule has 0 fully saturated rings. The van der Waals surface area contributed by atoms with Gasteiger partial charge < -0.3 is 10.2 Å². The Bertz CT molecular complexity index is 739. The van der Waals surface area contributed by atoms with Crippen LogP contribution in [-0.2, 0) is 0 Å². The predicted molar refractivity (Wildman–Crippen MR) is 77.4 cm³/mol.